The van der Waals surface area contributed by atoms with E-state index in [-0.39, 0.29) is 28.6 Å². The zero-order valence-corrected chi connectivity index (χ0v) is 16.2. The number of amides is 2. The molecule has 0 saturated carbocycles. The summed E-state index contributed by atoms with van der Waals surface area (Å²) in [5.41, 5.74) is 1.09. The second-order valence-electron chi connectivity index (χ2n) is 5.73. The van der Waals surface area contributed by atoms with Crippen molar-refractivity contribution in [1.29, 1.82) is 0 Å². The maximum atomic E-state index is 12.7. The highest BCUT2D eigenvalue weighted by Crippen LogP contribution is 2.28. The number of nitrogens with zero attached hydrogens (tertiary/aromatic N) is 2. The minimum atomic E-state index is -0.652. The summed E-state index contributed by atoms with van der Waals surface area (Å²) in [4.78, 5) is 40.1. The monoisotopic (exact) mass is 388 g/mol. The lowest BCUT2D eigenvalue weighted by Gasteiger charge is -2.24. The van der Waals surface area contributed by atoms with Gasteiger partial charge in [-0.2, -0.15) is 0 Å². The first kappa shape index (κ1) is 20.5. The van der Waals surface area contributed by atoms with E-state index in [0.29, 0.717) is 6.54 Å². The number of anilines is 2. The Morgan fingerprint density at radius 3 is 2.26 bits per heavy atom. The molecule has 2 amide bonds. The fourth-order valence-electron chi connectivity index (χ4n) is 2.68. The van der Waals surface area contributed by atoms with Gasteiger partial charge in [-0.25, -0.2) is 4.79 Å². The van der Waals surface area contributed by atoms with Gasteiger partial charge in [-0.05, 0) is 31.2 Å². The standard InChI is InChI=1S/C20H21ClN2O4/c1-4-23(14-9-6-5-7-10-14)18(25)13-17(24)22(2)16-12-8-11-15(21)19(16)20(26)27-3/h5-12H,4,13H2,1-3H3. The molecule has 2 aromatic rings. The van der Waals surface area contributed by atoms with Crippen LogP contribution in [0.25, 0.3) is 0 Å². The van der Waals surface area contributed by atoms with Crippen LogP contribution in [0.3, 0.4) is 0 Å². The van der Waals surface area contributed by atoms with Crippen molar-refractivity contribution in [2.45, 2.75) is 13.3 Å². The van der Waals surface area contributed by atoms with E-state index in [0.717, 1.165) is 5.69 Å². The van der Waals surface area contributed by atoms with Crippen LogP contribution in [-0.2, 0) is 14.3 Å². The molecule has 142 valence electrons. The first-order valence-electron chi connectivity index (χ1n) is 8.39. The van der Waals surface area contributed by atoms with Gasteiger partial charge in [0.2, 0.25) is 11.8 Å². The number of carbonyl (C=O) groups excluding carboxylic acids is 3. The molecular weight excluding hydrogens is 368 g/mol. The molecule has 2 aromatic carbocycles. The first-order valence-corrected chi connectivity index (χ1v) is 8.77. The number of rotatable bonds is 6. The second kappa shape index (κ2) is 9.19. The van der Waals surface area contributed by atoms with E-state index in [1.54, 1.807) is 12.1 Å². The number of hydrogen-bond donors (Lipinski definition) is 0. The van der Waals surface area contributed by atoms with Crippen LogP contribution in [0.5, 0.6) is 0 Å². The Kier molecular flexibility index (Phi) is 6.96. The normalized spacial score (nSPS) is 10.2. The van der Waals surface area contributed by atoms with Crippen molar-refractivity contribution in [1.82, 2.24) is 0 Å². The smallest absolute Gasteiger partial charge is 0.341 e. The third-order valence-corrected chi connectivity index (χ3v) is 4.42. The fraction of sp³-hybridized carbons (Fsp3) is 0.250. The summed E-state index contributed by atoms with van der Waals surface area (Å²) in [5, 5.41) is 0.171. The highest BCUT2D eigenvalue weighted by Gasteiger charge is 2.25. The SMILES string of the molecule is CCN(C(=O)CC(=O)N(C)c1cccc(Cl)c1C(=O)OC)c1ccccc1. The van der Waals surface area contributed by atoms with Gasteiger partial charge in [0.05, 0.1) is 17.8 Å². The molecule has 0 aliphatic carbocycles. The zero-order chi connectivity index (χ0) is 20.0. The van der Waals surface area contributed by atoms with Gasteiger partial charge in [-0.1, -0.05) is 35.9 Å². The van der Waals surface area contributed by atoms with Crippen LogP contribution in [0.2, 0.25) is 5.02 Å². The number of benzene rings is 2. The van der Waals surface area contributed by atoms with Crippen LogP contribution in [0.15, 0.2) is 48.5 Å². The van der Waals surface area contributed by atoms with E-state index in [9.17, 15) is 14.4 Å². The lowest BCUT2D eigenvalue weighted by atomic mass is 10.1. The predicted molar refractivity (Wildman–Crippen MR) is 105 cm³/mol. The van der Waals surface area contributed by atoms with Crippen molar-refractivity contribution < 1.29 is 19.1 Å². The summed E-state index contributed by atoms with van der Waals surface area (Å²) in [7, 11) is 2.73. The molecule has 0 unspecified atom stereocenters. The summed E-state index contributed by atoms with van der Waals surface area (Å²) in [6, 6.07) is 13.9. The van der Waals surface area contributed by atoms with Gasteiger partial charge in [-0.15, -0.1) is 0 Å². The Morgan fingerprint density at radius 2 is 1.67 bits per heavy atom. The van der Waals surface area contributed by atoms with Gasteiger partial charge in [0.1, 0.15) is 12.0 Å². The van der Waals surface area contributed by atoms with Gasteiger partial charge in [0.15, 0.2) is 0 Å². The highest BCUT2D eigenvalue weighted by atomic mass is 35.5. The number of carbonyl (C=O) groups is 3. The molecule has 7 heteroatoms. The Balaban J connectivity index is 2.22. The van der Waals surface area contributed by atoms with E-state index < -0.39 is 11.9 Å². The van der Waals surface area contributed by atoms with Gasteiger partial charge in [0.25, 0.3) is 0 Å². The number of esters is 1. The van der Waals surface area contributed by atoms with Crippen molar-refractivity contribution in [3.63, 3.8) is 0 Å². The molecule has 0 N–H and O–H groups in total. The van der Waals surface area contributed by atoms with E-state index in [1.165, 1.54) is 30.0 Å². The Bertz CT molecular complexity index is 839. The molecule has 0 saturated heterocycles. The summed E-state index contributed by atoms with van der Waals surface area (Å²) in [6.45, 7) is 2.27. The van der Waals surface area contributed by atoms with Crippen LogP contribution < -0.4 is 9.80 Å². The van der Waals surface area contributed by atoms with Crippen LogP contribution in [0, 0.1) is 0 Å². The van der Waals surface area contributed by atoms with Crippen LogP contribution in [0.1, 0.15) is 23.7 Å². The van der Waals surface area contributed by atoms with Crippen LogP contribution in [-0.4, -0.2) is 38.5 Å². The van der Waals surface area contributed by atoms with Crippen molar-refractivity contribution >= 4 is 40.8 Å². The summed E-state index contributed by atoms with van der Waals surface area (Å²) in [6.07, 6.45) is -0.341. The second-order valence-corrected chi connectivity index (χ2v) is 6.14. The Morgan fingerprint density at radius 1 is 1.00 bits per heavy atom. The molecule has 0 spiro atoms. The molecule has 27 heavy (non-hydrogen) atoms. The number of hydrogen-bond acceptors (Lipinski definition) is 4. The molecular formula is C20H21ClN2O4. The zero-order valence-electron chi connectivity index (χ0n) is 15.4. The third kappa shape index (κ3) is 4.65. The number of para-hydroxylation sites is 1. The quantitative estimate of drug-likeness (QED) is 0.560. The molecule has 0 aliphatic heterocycles. The van der Waals surface area contributed by atoms with Crippen molar-refractivity contribution in [2.24, 2.45) is 0 Å². The van der Waals surface area contributed by atoms with E-state index in [1.807, 2.05) is 37.3 Å². The average molecular weight is 389 g/mol. The fourth-order valence-corrected chi connectivity index (χ4v) is 2.93. The molecule has 6 nitrogen and oxygen atoms in total. The van der Waals surface area contributed by atoms with E-state index in [4.69, 9.17) is 16.3 Å². The largest absolute Gasteiger partial charge is 0.465 e. The maximum absolute atomic E-state index is 12.7. The summed E-state index contributed by atoms with van der Waals surface area (Å²) >= 11 is 6.10. The molecule has 0 atom stereocenters. The van der Waals surface area contributed by atoms with Crippen LogP contribution in [0.4, 0.5) is 11.4 Å². The third-order valence-electron chi connectivity index (χ3n) is 4.10. The van der Waals surface area contributed by atoms with Gasteiger partial charge in [-0.3, -0.25) is 9.59 Å². The van der Waals surface area contributed by atoms with Crippen LogP contribution >= 0.6 is 11.6 Å². The summed E-state index contributed by atoms with van der Waals surface area (Å²) < 4.78 is 4.75. The minimum Gasteiger partial charge on any atom is -0.465 e. The minimum absolute atomic E-state index is 0.0837. The molecule has 0 aromatic heterocycles. The van der Waals surface area contributed by atoms with E-state index >= 15 is 0 Å². The first-order chi connectivity index (χ1) is 12.9. The number of ether oxygens (including phenoxy) is 1. The molecule has 0 aliphatic rings. The predicted octanol–water partition coefficient (Wildman–Crippen LogP) is 3.53. The molecule has 0 heterocycles. The maximum Gasteiger partial charge on any atom is 0.341 e. The number of halogens is 1. The molecule has 0 radical (unpaired) electrons. The molecule has 0 bridgehead atoms. The lowest BCUT2D eigenvalue weighted by Crippen LogP contribution is -2.37. The lowest BCUT2D eigenvalue weighted by molar-refractivity contribution is -0.126. The van der Waals surface area contributed by atoms with Gasteiger partial charge >= 0.3 is 5.97 Å². The average Bonchev–Trinajstić information content (AvgIpc) is 2.68. The Hall–Kier alpha value is -2.86. The molecule has 2 rings (SSSR count). The number of methoxy groups -OCH3 is 1. The Labute approximate surface area is 163 Å². The van der Waals surface area contributed by atoms with E-state index in [2.05, 4.69) is 0 Å². The van der Waals surface area contributed by atoms with Gasteiger partial charge < -0.3 is 14.5 Å². The van der Waals surface area contributed by atoms with Crippen molar-refractivity contribution in [3.8, 4) is 0 Å². The topological polar surface area (TPSA) is 66.9 Å². The van der Waals surface area contributed by atoms with Gasteiger partial charge in [0, 0.05) is 19.3 Å². The summed E-state index contributed by atoms with van der Waals surface area (Å²) in [5.74, 6) is -1.44. The molecule has 0 fully saturated rings. The van der Waals surface area contributed by atoms with Crippen molar-refractivity contribution in [2.75, 3.05) is 30.5 Å². The highest BCUT2D eigenvalue weighted by molar-refractivity contribution is 6.34. The van der Waals surface area contributed by atoms with Crippen molar-refractivity contribution in [3.05, 3.63) is 59.1 Å².